The van der Waals surface area contributed by atoms with Crippen molar-refractivity contribution in [1.29, 1.82) is 0 Å². The van der Waals surface area contributed by atoms with E-state index in [0.717, 1.165) is 11.3 Å². The lowest BCUT2D eigenvalue weighted by molar-refractivity contribution is 0.0600. The average molecular weight is 286 g/mol. The first-order valence-electron chi connectivity index (χ1n) is 6.14. The number of H-pyrrole nitrogens is 1. The number of benzene rings is 1. The molecule has 0 saturated heterocycles. The third-order valence-electron chi connectivity index (χ3n) is 2.65. The molecule has 7 heteroatoms. The Labute approximate surface area is 121 Å². The van der Waals surface area contributed by atoms with Gasteiger partial charge in [-0.15, -0.1) is 0 Å². The first kappa shape index (κ1) is 14.4. The molecule has 2 rings (SSSR count). The highest BCUT2D eigenvalue weighted by Gasteiger charge is 2.07. The van der Waals surface area contributed by atoms with Gasteiger partial charge in [-0.2, -0.15) is 10.2 Å². The van der Waals surface area contributed by atoms with Gasteiger partial charge in [0.05, 0.1) is 18.9 Å². The quantitative estimate of drug-likeness (QED) is 0.502. The Morgan fingerprint density at radius 3 is 2.62 bits per heavy atom. The summed E-state index contributed by atoms with van der Waals surface area (Å²) in [6, 6.07) is 8.25. The van der Waals surface area contributed by atoms with Gasteiger partial charge in [0.25, 0.3) is 5.91 Å². The minimum Gasteiger partial charge on any atom is -0.465 e. The van der Waals surface area contributed by atoms with Crippen molar-refractivity contribution in [3.8, 4) is 0 Å². The van der Waals surface area contributed by atoms with E-state index in [4.69, 9.17) is 0 Å². The largest absolute Gasteiger partial charge is 0.465 e. The number of amides is 1. The molecule has 0 atom stereocenters. The van der Waals surface area contributed by atoms with Crippen LogP contribution < -0.4 is 5.43 Å². The van der Waals surface area contributed by atoms with E-state index in [9.17, 15) is 9.59 Å². The number of aromatic amines is 1. The van der Waals surface area contributed by atoms with Crippen LogP contribution in [0.15, 0.2) is 35.4 Å². The zero-order chi connectivity index (χ0) is 15.2. The van der Waals surface area contributed by atoms with Crippen LogP contribution >= 0.6 is 0 Å². The molecule has 1 amide bonds. The van der Waals surface area contributed by atoms with Gasteiger partial charge in [-0.1, -0.05) is 12.1 Å². The van der Waals surface area contributed by atoms with E-state index in [1.165, 1.54) is 13.3 Å². The highest BCUT2D eigenvalue weighted by atomic mass is 16.5. The summed E-state index contributed by atoms with van der Waals surface area (Å²) in [5.74, 6) is -0.803. The lowest BCUT2D eigenvalue weighted by Crippen LogP contribution is -2.18. The molecule has 1 aromatic carbocycles. The molecular formula is C14H14N4O3. The molecule has 0 aliphatic rings. The SMILES string of the molecule is COC(=O)c1ccc(/C=N/NC(=O)c2cc(C)[nH]n2)cc1. The lowest BCUT2D eigenvalue weighted by atomic mass is 10.1. The maximum Gasteiger partial charge on any atom is 0.337 e. The van der Waals surface area contributed by atoms with E-state index in [-0.39, 0.29) is 5.69 Å². The molecule has 21 heavy (non-hydrogen) atoms. The number of nitrogens with one attached hydrogen (secondary N) is 2. The summed E-state index contributed by atoms with van der Waals surface area (Å²) in [6.45, 7) is 1.80. The van der Waals surface area contributed by atoms with Crippen molar-refractivity contribution in [2.45, 2.75) is 6.92 Å². The average Bonchev–Trinajstić information content (AvgIpc) is 2.94. The van der Waals surface area contributed by atoms with Crippen molar-refractivity contribution in [2.24, 2.45) is 5.10 Å². The number of methoxy groups -OCH3 is 1. The molecular weight excluding hydrogens is 272 g/mol. The van der Waals surface area contributed by atoms with Gasteiger partial charge in [0.1, 0.15) is 0 Å². The van der Waals surface area contributed by atoms with Gasteiger partial charge >= 0.3 is 5.97 Å². The topological polar surface area (TPSA) is 96.4 Å². The summed E-state index contributed by atoms with van der Waals surface area (Å²) in [5, 5.41) is 10.3. The van der Waals surface area contributed by atoms with Gasteiger partial charge in [0.15, 0.2) is 5.69 Å². The molecule has 108 valence electrons. The van der Waals surface area contributed by atoms with Gasteiger partial charge < -0.3 is 4.74 Å². The monoisotopic (exact) mass is 286 g/mol. The Balaban J connectivity index is 1.95. The smallest absolute Gasteiger partial charge is 0.337 e. The Morgan fingerprint density at radius 2 is 2.05 bits per heavy atom. The molecule has 0 radical (unpaired) electrons. The van der Waals surface area contributed by atoms with Crippen LogP contribution in [0.5, 0.6) is 0 Å². The lowest BCUT2D eigenvalue weighted by Gasteiger charge is -1.99. The second-order valence-electron chi connectivity index (χ2n) is 4.25. The van der Waals surface area contributed by atoms with Crippen LogP contribution in [-0.2, 0) is 4.74 Å². The number of esters is 1. The number of nitrogens with zero attached hydrogens (tertiary/aromatic N) is 2. The number of carbonyl (C=O) groups excluding carboxylic acids is 2. The number of hydrogen-bond acceptors (Lipinski definition) is 5. The minimum atomic E-state index is -0.402. The van der Waals surface area contributed by atoms with Gasteiger partial charge in [0, 0.05) is 5.69 Å². The number of carbonyl (C=O) groups is 2. The van der Waals surface area contributed by atoms with Crippen LogP contribution in [0.2, 0.25) is 0 Å². The van der Waals surface area contributed by atoms with Gasteiger partial charge in [-0.05, 0) is 30.7 Å². The summed E-state index contributed by atoms with van der Waals surface area (Å²) < 4.78 is 4.60. The zero-order valence-corrected chi connectivity index (χ0v) is 11.6. The predicted molar refractivity (Wildman–Crippen MR) is 76.2 cm³/mol. The molecule has 0 fully saturated rings. The number of rotatable bonds is 4. The van der Waals surface area contributed by atoms with Crippen LogP contribution in [0.3, 0.4) is 0 Å². The summed E-state index contributed by atoms with van der Waals surface area (Å²) >= 11 is 0. The Bertz CT molecular complexity index is 674. The second kappa shape index (κ2) is 6.47. The fourth-order valence-electron chi connectivity index (χ4n) is 1.58. The maximum atomic E-state index is 11.7. The first-order valence-corrected chi connectivity index (χ1v) is 6.14. The van der Waals surface area contributed by atoms with E-state index >= 15 is 0 Å². The van der Waals surface area contributed by atoms with E-state index in [2.05, 4.69) is 25.5 Å². The van der Waals surface area contributed by atoms with E-state index < -0.39 is 11.9 Å². The van der Waals surface area contributed by atoms with Crippen LogP contribution in [-0.4, -0.2) is 35.4 Å². The predicted octanol–water partition coefficient (Wildman–Crippen LogP) is 1.27. The van der Waals surface area contributed by atoms with Crippen molar-refractivity contribution >= 4 is 18.1 Å². The van der Waals surface area contributed by atoms with E-state index in [0.29, 0.717) is 5.56 Å². The van der Waals surface area contributed by atoms with Crippen LogP contribution in [0.25, 0.3) is 0 Å². The highest BCUT2D eigenvalue weighted by molar-refractivity contribution is 5.93. The highest BCUT2D eigenvalue weighted by Crippen LogP contribution is 2.04. The van der Waals surface area contributed by atoms with Gasteiger partial charge in [-0.3, -0.25) is 9.89 Å². The fraction of sp³-hybridized carbons (Fsp3) is 0.143. The fourth-order valence-corrected chi connectivity index (χ4v) is 1.58. The normalized spacial score (nSPS) is 10.6. The molecule has 1 heterocycles. The van der Waals surface area contributed by atoms with Crippen molar-refractivity contribution in [1.82, 2.24) is 15.6 Å². The molecule has 2 N–H and O–H groups in total. The van der Waals surface area contributed by atoms with Crippen molar-refractivity contribution in [3.63, 3.8) is 0 Å². The Hall–Kier alpha value is -2.96. The third-order valence-corrected chi connectivity index (χ3v) is 2.65. The number of ether oxygens (including phenoxy) is 1. The van der Waals surface area contributed by atoms with Crippen LogP contribution in [0, 0.1) is 6.92 Å². The minimum absolute atomic E-state index is 0.269. The van der Waals surface area contributed by atoms with Gasteiger partial charge in [0.2, 0.25) is 0 Å². The van der Waals surface area contributed by atoms with Crippen molar-refractivity contribution < 1.29 is 14.3 Å². The summed E-state index contributed by atoms with van der Waals surface area (Å²) in [5.41, 5.74) is 4.62. The Kier molecular flexibility index (Phi) is 4.45. The zero-order valence-electron chi connectivity index (χ0n) is 11.6. The first-order chi connectivity index (χ1) is 10.1. The summed E-state index contributed by atoms with van der Waals surface area (Å²) in [4.78, 5) is 22.9. The molecule has 7 nitrogen and oxygen atoms in total. The number of hydrogen-bond donors (Lipinski definition) is 2. The van der Waals surface area contributed by atoms with Crippen molar-refractivity contribution in [3.05, 3.63) is 52.8 Å². The summed E-state index contributed by atoms with van der Waals surface area (Å²) in [6.07, 6.45) is 1.47. The van der Waals surface area contributed by atoms with E-state index in [1.807, 2.05) is 0 Å². The maximum absolute atomic E-state index is 11.7. The standard InChI is InChI=1S/C14H14N4O3/c1-9-7-12(17-16-9)13(19)18-15-8-10-3-5-11(6-4-10)14(20)21-2/h3-8H,1-2H3,(H,16,17)(H,18,19)/b15-8+. The van der Waals surface area contributed by atoms with E-state index in [1.54, 1.807) is 37.3 Å². The van der Waals surface area contributed by atoms with Gasteiger partial charge in [-0.25, -0.2) is 10.2 Å². The molecule has 1 aromatic heterocycles. The second-order valence-corrected chi connectivity index (χ2v) is 4.25. The van der Waals surface area contributed by atoms with Crippen LogP contribution in [0.1, 0.15) is 32.1 Å². The number of hydrazone groups is 1. The van der Waals surface area contributed by atoms with Crippen molar-refractivity contribution in [2.75, 3.05) is 7.11 Å². The molecule has 0 aliphatic heterocycles. The molecule has 0 aliphatic carbocycles. The third kappa shape index (κ3) is 3.75. The number of aryl methyl sites for hydroxylation is 1. The van der Waals surface area contributed by atoms with Crippen LogP contribution in [0.4, 0.5) is 0 Å². The molecule has 0 spiro atoms. The summed E-state index contributed by atoms with van der Waals surface area (Å²) in [7, 11) is 1.32. The number of aromatic nitrogens is 2. The molecule has 2 aromatic rings. The molecule has 0 bridgehead atoms. The Morgan fingerprint density at radius 1 is 1.33 bits per heavy atom. The molecule has 0 saturated carbocycles. The molecule has 0 unspecified atom stereocenters.